The summed E-state index contributed by atoms with van der Waals surface area (Å²) in [4.78, 5) is 26.4. The van der Waals surface area contributed by atoms with Crippen molar-refractivity contribution < 1.29 is 36.3 Å². The van der Waals surface area contributed by atoms with E-state index in [-0.39, 0.29) is 27.9 Å². The van der Waals surface area contributed by atoms with Crippen molar-refractivity contribution in [2.24, 2.45) is 5.92 Å². The lowest BCUT2D eigenvalue weighted by Gasteiger charge is -2.30. The van der Waals surface area contributed by atoms with Gasteiger partial charge in [0, 0.05) is 18.2 Å². The summed E-state index contributed by atoms with van der Waals surface area (Å²) in [6.07, 6.45) is -0.474. The van der Waals surface area contributed by atoms with Crippen LogP contribution in [0.15, 0.2) is 119 Å². The number of carbonyl (C=O) groups is 2. The van der Waals surface area contributed by atoms with Crippen LogP contribution < -0.4 is 16.4 Å². The van der Waals surface area contributed by atoms with Crippen LogP contribution >= 0.6 is 0 Å². The lowest BCUT2D eigenvalue weighted by molar-refractivity contribution is -0.118. The number of sulfonamides is 1. The first kappa shape index (κ1) is 39.0. The highest BCUT2D eigenvalue weighted by Gasteiger charge is 2.37. The first-order valence-corrected chi connectivity index (χ1v) is 19.4. The van der Waals surface area contributed by atoms with E-state index in [4.69, 9.17) is 10.5 Å². The average molecular weight is 737 g/mol. The molecule has 272 valence electrons. The van der Waals surface area contributed by atoms with Crippen LogP contribution in [-0.2, 0) is 29.4 Å². The number of benzene rings is 4. The van der Waals surface area contributed by atoms with Gasteiger partial charge in [0.2, 0.25) is 15.9 Å². The van der Waals surface area contributed by atoms with E-state index >= 15 is 0 Å². The van der Waals surface area contributed by atoms with Crippen LogP contribution in [0.2, 0.25) is 0 Å². The number of amides is 2. The molecule has 2 atom stereocenters. The van der Waals surface area contributed by atoms with Crippen LogP contribution in [0.5, 0.6) is 0 Å². The number of carbonyl (C=O) groups excluding carboxylic acids is 2. The van der Waals surface area contributed by atoms with E-state index < -0.39 is 62.2 Å². The minimum absolute atomic E-state index is 0.0508. The van der Waals surface area contributed by atoms with E-state index in [0.29, 0.717) is 23.2 Å². The molecule has 0 aliphatic heterocycles. The van der Waals surface area contributed by atoms with Crippen molar-refractivity contribution in [2.45, 2.75) is 48.1 Å². The third-order valence-corrected chi connectivity index (χ3v) is 12.1. The Labute approximate surface area is 299 Å². The molecule has 0 radical (unpaired) electrons. The number of methoxy groups -OCH3 is 1. The molecule has 0 fully saturated rings. The Balaban J connectivity index is 1.71. The molecule has 0 aromatic heterocycles. The van der Waals surface area contributed by atoms with Crippen LogP contribution in [0.4, 0.5) is 16.2 Å². The van der Waals surface area contributed by atoms with Crippen molar-refractivity contribution >= 4 is 43.2 Å². The summed E-state index contributed by atoms with van der Waals surface area (Å²) >= 11 is 0. The normalized spacial score (nSPS) is 13.2. The van der Waals surface area contributed by atoms with Gasteiger partial charge < -0.3 is 26.2 Å². The molecule has 4 rings (SSSR count). The van der Waals surface area contributed by atoms with E-state index in [2.05, 4.69) is 10.6 Å². The largest absolute Gasteiger partial charge is 0.453 e. The van der Waals surface area contributed by atoms with E-state index in [0.717, 1.165) is 4.31 Å². The van der Waals surface area contributed by atoms with E-state index in [1.54, 1.807) is 24.3 Å². The first-order chi connectivity index (χ1) is 24.3. The fourth-order valence-corrected chi connectivity index (χ4v) is 9.10. The molecular formula is C37H44N4O8S2. The second kappa shape index (κ2) is 17.4. The minimum Gasteiger partial charge on any atom is -0.453 e. The number of nitrogens with one attached hydrogen (secondary N) is 2. The molecule has 0 bridgehead atoms. The Morgan fingerprint density at radius 2 is 1.37 bits per heavy atom. The first-order valence-electron chi connectivity index (χ1n) is 16.3. The molecule has 4 aromatic carbocycles. The molecule has 0 spiro atoms. The number of anilines is 2. The fourth-order valence-electron chi connectivity index (χ4n) is 5.67. The number of alkyl carbamates (subject to hydrolysis) is 1. The number of nitrogen functional groups attached to an aromatic ring is 1. The Kier molecular flexibility index (Phi) is 13.4. The summed E-state index contributed by atoms with van der Waals surface area (Å²) in [6.45, 7) is 2.96. The number of nitrogens with zero attached hydrogens (tertiary/aromatic N) is 1. The van der Waals surface area contributed by atoms with E-state index in [1.807, 2.05) is 50.2 Å². The maximum atomic E-state index is 14.2. The van der Waals surface area contributed by atoms with Crippen LogP contribution in [-0.4, -0.2) is 76.3 Å². The molecule has 12 nitrogen and oxygen atoms in total. The van der Waals surface area contributed by atoms with Crippen LogP contribution in [0, 0.1) is 5.92 Å². The highest BCUT2D eigenvalue weighted by molar-refractivity contribution is 7.92. The highest BCUT2D eigenvalue weighted by atomic mass is 32.2. The molecule has 4 aromatic rings. The molecule has 2 amide bonds. The van der Waals surface area contributed by atoms with Gasteiger partial charge in [0.25, 0.3) is 0 Å². The zero-order valence-corrected chi connectivity index (χ0v) is 30.3. The molecule has 0 aliphatic rings. The Morgan fingerprint density at radius 3 is 1.90 bits per heavy atom. The average Bonchev–Trinajstić information content (AvgIpc) is 3.11. The number of sulfone groups is 1. The third kappa shape index (κ3) is 9.94. The van der Waals surface area contributed by atoms with Crippen molar-refractivity contribution in [1.82, 2.24) is 9.62 Å². The number of hydrogen-bond donors (Lipinski definition) is 4. The smallest absolute Gasteiger partial charge is 0.407 e. The second-order valence-corrected chi connectivity index (χ2v) is 16.3. The fraction of sp³-hybridized carbons (Fsp3) is 0.297. The van der Waals surface area contributed by atoms with Crippen LogP contribution in [0.1, 0.15) is 37.3 Å². The van der Waals surface area contributed by atoms with Gasteiger partial charge in [-0.25, -0.2) is 21.6 Å². The van der Waals surface area contributed by atoms with Crippen molar-refractivity contribution in [1.29, 1.82) is 0 Å². The number of ether oxygens (including phenoxy) is 1. The Bertz CT molecular complexity index is 1940. The standard InChI is InChI=1S/C37H44N4O8S2/c1-26(2)22-23-41(51(47,48)31-20-18-29(38)19-21-31)30(24-42)25-50(45,46)33-17-11-10-16-32(33)39-36(43)35(40-37(44)49-3)34(27-12-6-4-7-13-27)28-14-8-5-9-15-28/h4-21,26,30,34-35,42H,22-25,38H2,1-3H3,(H,39,43)(H,40,44)/t30?,35-/m0/s1. The summed E-state index contributed by atoms with van der Waals surface area (Å²) in [5.41, 5.74) is 7.44. The van der Waals surface area contributed by atoms with Crippen LogP contribution in [0.25, 0.3) is 0 Å². The predicted octanol–water partition coefficient (Wildman–Crippen LogP) is 4.64. The van der Waals surface area contributed by atoms with Crippen molar-refractivity contribution in [3.63, 3.8) is 0 Å². The lowest BCUT2D eigenvalue weighted by atomic mass is 9.84. The van der Waals surface area contributed by atoms with Gasteiger partial charge in [-0.05, 0) is 59.9 Å². The molecule has 51 heavy (non-hydrogen) atoms. The summed E-state index contributed by atoms with van der Waals surface area (Å²) in [7, 11) is -7.47. The van der Waals surface area contributed by atoms with Crippen LogP contribution in [0.3, 0.4) is 0 Å². The van der Waals surface area contributed by atoms with Gasteiger partial charge in [0.05, 0.1) is 41.0 Å². The number of hydrogen-bond acceptors (Lipinski definition) is 9. The topological polar surface area (TPSA) is 185 Å². The van der Waals surface area contributed by atoms with Gasteiger partial charge in [-0.15, -0.1) is 0 Å². The maximum Gasteiger partial charge on any atom is 0.407 e. The molecular weight excluding hydrogens is 693 g/mol. The molecule has 0 heterocycles. The van der Waals surface area contributed by atoms with Gasteiger partial charge in [-0.1, -0.05) is 86.6 Å². The molecule has 0 aliphatic carbocycles. The lowest BCUT2D eigenvalue weighted by Crippen LogP contribution is -2.48. The Hall–Kier alpha value is -4.76. The SMILES string of the molecule is COC(=O)N[C@H](C(=O)Nc1ccccc1S(=O)(=O)CC(CO)N(CCC(C)C)S(=O)(=O)c1ccc(N)cc1)C(c1ccccc1)c1ccccc1. The molecule has 14 heteroatoms. The number of aliphatic hydroxyl groups is 1. The number of rotatable bonds is 16. The van der Waals surface area contributed by atoms with E-state index in [9.17, 15) is 31.5 Å². The maximum absolute atomic E-state index is 14.2. The van der Waals surface area contributed by atoms with Gasteiger partial charge in [0.15, 0.2) is 9.84 Å². The molecule has 5 N–H and O–H groups in total. The number of aliphatic hydroxyl groups excluding tert-OH is 1. The van der Waals surface area contributed by atoms with Gasteiger partial charge in [-0.2, -0.15) is 4.31 Å². The van der Waals surface area contributed by atoms with Crippen molar-refractivity contribution in [3.05, 3.63) is 120 Å². The quantitative estimate of drug-likeness (QED) is 0.119. The molecule has 0 saturated heterocycles. The van der Waals surface area contributed by atoms with Gasteiger partial charge in [-0.3, -0.25) is 4.79 Å². The monoisotopic (exact) mass is 736 g/mol. The molecule has 0 saturated carbocycles. The summed E-state index contributed by atoms with van der Waals surface area (Å²) < 4.78 is 61.8. The highest BCUT2D eigenvalue weighted by Crippen LogP contribution is 2.31. The zero-order valence-electron chi connectivity index (χ0n) is 28.7. The van der Waals surface area contributed by atoms with Crippen molar-refractivity contribution in [3.8, 4) is 0 Å². The second-order valence-electron chi connectivity index (χ2n) is 12.4. The van der Waals surface area contributed by atoms with E-state index in [1.165, 1.54) is 55.6 Å². The summed E-state index contributed by atoms with van der Waals surface area (Å²) in [5.74, 6) is -2.15. The van der Waals surface area contributed by atoms with Gasteiger partial charge >= 0.3 is 6.09 Å². The number of para-hydroxylation sites is 1. The zero-order chi connectivity index (χ0) is 37.2. The van der Waals surface area contributed by atoms with Crippen molar-refractivity contribution in [2.75, 3.05) is 37.1 Å². The predicted molar refractivity (Wildman–Crippen MR) is 196 cm³/mol. The Morgan fingerprint density at radius 1 is 0.824 bits per heavy atom. The number of nitrogens with two attached hydrogens (primary N) is 1. The minimum atomic E-state index is -4.37. The summed E-state index contributed by atoms with van der Waals surface area (Å²) in [6, 6.07) is 26.7. The van der Waals surface area contributed by atoms with Gasteiger partial charge in [0.1, 0.15) is 6.04 Å². The third-order valence-electron chi connectivity index (χ3n) is 8.32. The molecule has 1 unspecified atom stereocenters. The summed E-state index contributed by atoms with van der Waals surface area (Å²) in [5, 5.41) is 15.8.